The number of rotatable bonds is 2. The molecule has 0 spiro atoms. The third kappa shape index (κ3) is 4.38. The Morgan fingerprint density at radius 1 is 0.870 bits per heavy atom. The monoisotopic (exact) mass is 375 g/mol. The molecular weight excluding hydrogens is 371 g/mol. The number of benzene rings is 1. The lowest BCUT2D eigenvalue weighted by molar-refractivity contribution is -0.144. The van der Waals surface area contributed by atoms with Crippen LogP contribution in [0.2, 0.25) is 10.2 Å². The van der Waals surface area contributed by atoms with Gasteiger partial charge in [0.25, 0.3) is 0 Å². The van der Waals surface area contributed by atoms with E-state index in [4.69, 9.17) is 23.2 Å². The van der Waals surface area contributed by atoms with Crippen molar-refractivity contribution in [1.82, 2.24) is 9.97 Å². The van der Waals surface area contributed by atoms with Gasteiger partial charge in [0.05, 0.1) is 16.3 Å². The minimum Gasteiger partial charge on any atom is -0.339 e. The highest BCUT2D eigenvalue weighted by atomic mass is 35.5. The Morgan fingerprint density at radius 3 is 2.04 bits per heavy atom. The molecule has 1 aromatic carbocycles. The second-order valence-electron chi connectivity index (χ2n) is 4.21. The van der Waals surface area contributed by atoms with Crippen LogP contribution in [0.25, 0.3) is 0 Å². The summed E-state index contributed by atoms with van der Waals surface area (Å²) in [6.07, 6.45) is -9.42. The molecule has 23 heavy (non-hydrogen) atoms. The summed E-state index contributed by atoms with van der Waals surface area (Å²) < 4.78 is 75.3. The number of alkyl halides is 6. The van der Waals surface area contributed by atoms with Crippen LogP contribution in [-0.4, -0.2) is 9.97 Å². The summed E-state index contributed by atoms with van der Waals surface area (Å²) in [5, 5.41) is 1.54. The molecule has 0 bridgehead atoms. The molecule has 0 aliphatic heterocycles. The largest absolute Gasteiger partial charge is 0.451 e. The fourth-order valence-electron chi connectivity index (χ4n) is 1.54. The number of nitrogens with one attached hydrogen (secondary N) is 1. The van der Waals surface area contributed by atoms with Crippen LogP contribution in [0.1, 0.15) is 11.4 Å². The lowest BCUT2D eigenvalue weighted by atomic mass is 10.2. The molecule has 0 fully saturated rings. The Balaban J connectivity index is 2.35. The third-order valence-electron chi connectivity index (χ3n) is 2.51. The van der Waals surface area contributed by atoms with Crippen molar-refractivity contribution >= 4 is 34.7 Å². The highest BCUT2D eigenvalue weighted by Crippen LogP contribution is 2.35. The molecule has 0 radical (unpaired) electrons. The zero-order valence-corrected chi connectivity index (χ0v) is 12.2. The summed E-state index contributed by atoms with van der Waals surface area (Å²) in [7, 11) is 0. The van der Waals surface area contributed by atoms with Crippen molar-refractivity contribution in [3.63, 3.8) is 0 Å². The first kappa shape index (κ1) is 17.6. The average molecular weight is 376 g/mol. The van der Waals surface area contributed by atoms with Gasteiger partial charge in [-0.2, -0.15) is 26.3 Å². The van der Waals surface area contributed by atoms with Crippen LogP contribution in [-0.2, 0) is 12.4 Å². The van der Waals surface area contributed by atoms with Crippen LogP contribution in [0.15, 0.2) is 24.3 Å². The zero-order chi connectivity index (χ0) is 17.4. The second-order valence-corrected chi connectivity index (χ2v) is 5.01. The first-order chi connectivity index (χ1) is 10.5. The SMILES string of the molecule is FC(F)(F)c1ccc(Nc2cc(Cl)nc(C(F)(F)F)n2)c(Cl)c1. The number of hydrogen-bond donors (Lipinski definition) is 1. The Hall–Kier alpha value is -1.74. The Kier molecular flexibility index (Phi) is 4.63. The minimum atomic E-state index is -4.83. The summed E-state index contributed by atoms with van der Waals surface area (Å²) in [6, 6.07) is 3.30. The highest BCUT2D eigenvalue weighted by Gasteiger charge is 2.35. The van der Waals surface area contributed by atoms with Crippen molar-refractivity contribution in [3.05, 3.63) is 45.8 Å². The molecule has 0 aliphatic carbocycles. The van der Waals surface area contributed by atoms with Crippen molar-refractivity contribution in [3.8, 4) is 0 Å². The number of hydrogen-bond acceptors (Lipinski definition) is 3. The molecule has 1 N–H and O–H groups in total. The highest BCUT2D eigenvalue weighted by molar-refractivity contribution is 6.33. The van der Waals surface area contributed by atoms with Gasteiger partial charge in [0, 0.05) is 6.07 Å². The number of halogens is 8. The van der Waals surface area contributed by atoms with Gasteiger partial charge in [0.2, 0.25) is 5.82 Å². The fourth-order valence-corrected chi connectivity index (χ4v) is 1.95. The molecule has 2 rings (SSSR count). The van der Waals surface area contributed by atoms with Crippen molar-refractivity contribution < 1.29 is 26.3 Å². The van der Waals surface area contributed by atoms with Gasteiger partial charge in [0.1, 0.15) is 11.0 Å². The predicted molar refractivity (Wildman–Crippen MR) is 71.8 cm³/mol. The van der Waals surface area contributed by atoms with Crippen LogP contribution in [0.3, 0.4) is 0 Å². The molecule has 3 nitrogen and oxygen atoms in total. The molecule has 1 heterocycles. The van der Waals surface area contributed by atoms with E-state index in [1.165, 1.54) is 0 Å². The molecule has 0 amide bonds. The molecule has 1 aromatic heterocycles. The third-order valence-corrected chi connectivity index (χ3v) is 3.01. The summed E-state index contributed by atoms with van der Waals surface area (Å²) in [5.41, 5.74) is -1.06. The fraction of sp³-hybridized carbons (Fsp3) is 0.167. The lowest BCUT2D eigenvalue weighted by Gasteiger charge is -2.12. The number of nitrogens with zero attached hydrogens (tertiary/aromatic N) is 2. The van der Waals surface area contributed by atoms with Crippen LogP contribution in [0, 0.1) is 0 Å². The van der Waals surface area contributed by atoms with Crippen LogP contribution < -0.4 is 5.32 Å². The molecule has 0 unspecified atom stereocenters. The van der Waals surface area contributed by atoms with Crippen LogP contribution in [0.5, 0.6) is 0 Å². The molecule has 0 saturated carbocycles. The van der Waals surface area contributed by atoms with Gasteiger partial charge < -0.3 is 5.32 Å². The molecule has 124 valence electrons. The van der Waals surface area contributed by atoms with E-state index in [9.17, 15) is 26.3 Å². The average Bonchev–Trinajstić information content (AvgIpc) is 2.38. The van der Waals surface area contributed by atoms with Crippen molar-refractivity contribution in [2.75, 3.05) is 5.32 Å². The normalized spacial score (nSPS) is 12.3. The lowest BCUT2D eigenvalue weighted by Crippen LogP contribution is -2.12. The van der Waals surface area contributed by atoms with Crippen molar-refractivity contribution in [2.24, 2.45) is 0 Å². The van der Waals surface area contributed by atoms with E-state index < -0.39 is 28.9 Å². The second kappa shape index (κ2) is 6.04. The quantitative estimate of drug-likeness (QED) is 0.551. The summed E-state index contributed by atoms with van der Waals surface area (Å²) in [5.74, 6) is -1.85. The Morgan fingerprint density at radius 2 is 1.52 bits per heavy atom. The standard InChI is InChI=1S/C12H5Cl2F6N3/c13-6-3-5(11(15,16)17)1-2-7(6)21-9-4-8(14)22-10(23-9)12(18,19)20/h1-4H,(H,21,22,23). The molecule has 2 aromatic rings. The topological polar surface area (TPSA) is 37.8 Å². The molecular formula is C12H5Cl2F6N3. The maximum atomic E-state index is 12.6. The van der Waals surface area contributed by atoms with Gasteiger partial charge in [-0.1, -0.05) is 23.2 Å². The smallest absolute Gasteiger partial charge is 0.339 e. The van der Waals surface area contributed by atoms with Gasteiger partial charge in [-0.25, -0.2) is 9.97 Å². The maximum Gasteiger partial charge on any atom is 0.451 e. The van der Waals surface area contributed by atoms with Gasteiger partial charge in [0.15, 0.2) is 0 Å². The molecule has 0 atom stereocenters. The van der Waals surface area contributed by atoms with Gasteiger partial charge in [-0.3, -0.25) is 0 Å². The Labute approximate surface area is 135 Å². The zero-order valence-electron chi connectivity index (χ0n) is 10.7. The number of aromatic nitrogens is 2. The molecule has 0 saturated heterocycles. The van der Waals surface area contributed by atoms with E-state index in [1.807, 2.05) is 0 Å². The Bertz CT molecular complexity index is 730. The van der Waals surface area contributed by atoms with Crippen molar-refractivity contribution in [1.29, 1.82) is 0 Å². The van der Waals surface area contributed by atoms with Gasteiger partial charge in [-0.15, -0.1) is 0 Å². The number of anilines is 2. The molecule has 11 heteroatoms. The summed E-state index contributed by atoms with van der Waals surface area (Å²) in [4.78, 5) is 6.22. The van der Waals surface area contributed by atoms with Crippen LogP contribution >= 0.6 is 23.2 Å². The van der Waals surface area contributed by atoms with Gasteiger partial charge in [-0.05, 0) is 18.2 Å². The minimum absolute atomic E-state index is 0.0671. The van der Waals surface area contributed by atoms with E-state index in [0.29, 0.717) is 6.07 Å². The maximum absolute atomic E-state index is 12.6. The predicted octanol–water partition coefficient (Wildman–Crippen LogP) is 5.56. The van der Waals surface area contributed by atoms with E-state index in [-0.39, 0.29) is 16.5 Å². The van der Waals surface area contributed by atoms with E-state index in [1.54, 1.807) is 0 Å². The first-order valence-electron chi connectivity index (χ1n) is 5.72. The van der Waals surface area contributed by atoms with Gasteiger partial charge >= 0.3 is 12.4 Å². The summed E-state index contributed by atoms with van der Waals surface area (Å²) in [6.45, 7) is 0. The molecule has 0 aliphatic rings. The van der Waals surface area contributed by atoms with Crippen LogP contribution in [0.4, 0.5) is 37.8 Å². The first-order valence-corrected chi connectivity index (χ1v) is 6.48. The van der Waals surface area contributed by atoms with E-state index >= 15 is 0 Å². The van der Waals surface area contributed by atoms with E-state index in [2.05, 4.69) is 15.3 Å². The van der Waals surface area contributed by atoms with E-state index in [0.717, 1.165) is 18.2 Å². The van der Waals surface area contributed by atoms with Crippen molar-refractivity contribution in [2.45, 2.75) is 12.4 Å². The summed E-state index contributed by atoms with van der Waals surface area (Å²) >= 11 is 11.2.